The fraction of sp³-hybridized carbons (Fsp3) is 0.500. The van der Waals surface area contributed by atoms with Crippen LogP contribution in [0, 0.1) is 6.92 Å². The van der Waals surface area contributed by atoms with E-state index in [0.29, 0.717) is 18.0 Å². The summed E-state index contributed by atoms with van der Waals surface area (Å²) < 4.78 is 0. The quantitative estimate of drug-likeness (QED) is 0.772. The highest BCUT2D eigenvalue weighted by Crippen LogP contribution is 2.17. The van der Waals surface area contributed by atoms with Crippen LogP contribution in [-0.2, 0) is 4.79 Å². The van der Waals surface area contributed by atoms with Crippen molar-refractivity contribution in [3.05, 3.63) is 16.1 Å². The van der Waals surface area contributed by atoms with Gasteiger partial charge in [0.2, 0.25) is 5.91 Å². The summed E-state index contributed by atoms with van der Waals surface area (Å²) in [6.07, 6.45) is 0. The summed E-state index contributed by atoms with van der Waals surface area (Å²) >= 11 is 1.32. The largest absolute Gasteiger partial charge is 0.353 e. The molecule has 2 heterocycles. The minimum Gasteiger partial charge on any atom is -0.353 e. The minimum atomic E-state index is -0.400. The summed E-state index contributed by atoms with van der Waals surface area (Å²) in [5.74, 6) is -0.191. The second-order valence-corrected chi connectivity index (χ2v) is 4.59. The third-order valence-electron chi connectivity index (χ3n) is 2.70. The number of nitrogens with one attached hydrogen (secondary N) is 1. The zero-order valence-corrected chi connectivity index (χ0v) is 10.0. The number of hydrogen-bond acceptors (Lipinski definition) is 4. The molecule has 2 rings (SSSR count). The number of aromatic nitrogens is 1. The second kappa shape index (κ2) is 4.21. The number of hydrogen-bond donors (Lipinski definition) is 1. The molecule has 1 N–H and O–H groups in total. The van der Waals surface area contributed by atoms with Crippen molar-refractivity contribution in [2.24, 2.45) is 0 Å². The van der Waals surface area contributed by atoms with Crippen LogP contribution >= 0.6 is 11.3 Å². The molecule has 6 heteroatoms. The highest BCUT2D eigenvalue weighted by Gasteiger charge is 2.31. The molecule has 1 atom stereocenters. The molecule has 1 aliphatic heterocycles. The van der Waals surface area contributed by atoms with E-state index in [-0.39, 0.29) is 11.8 Å². The maximum absolute atomic E-state index is 12.2. The highest BCUT2D eigenvalue weighted by molar-refractivity contribution is 7.11. The summed E-state index contributed by atoms with van der Waals surface area (Å²) in [4.78, 5) is 29.9. The Balaban J connectivity index is 2.22. The average Bonchev–Trinajstić information content (AvgIpc) is 2.68. The first-order chi connectivity index (χ1) is 7.61. The highest BCUT2D eigenvalue weighted by atomic mass is 32.1. The molecule has 16 heavy (non-hydrogen) atoms. The molecule has 86 valence electrons. The number of piperazine rings is 1. The number of thiazole rings is 1. The van der Waals surface area contributed by atoms with Crippen LogP contribution in [0.5, 0.6) is 0 Å². The normalized spacial score (nSPS) is 20.8. The monoisotopic (exact) mass is 239 g/mol. The summed E-state index contributed by atoms with van der Waals surface area (Å²) in [5.41, 5.74) is 2.38. The molecule has 0 bridgehead atoms. The molecule has 1 aromatic rings. The van der Waals surface area contributed by atoms with Crippen LogP contribution in [0.3, 0.4) is 0 Å². The number of nitrogens with zero attached hydrogens (tertiary/aromatic N) is 2. The van der Waals surface area contributed by atoms with Crippen molar-refractivity contribution in [3.8, 4) is 0 Å². The smallest absolute Gasteiger partial charge is 0.266 e. The zero-order chi connectivity index (χ0) is 11.7. The maximum Gasteiger partial charge on any atom is 0.266 e. The van der Waals surface area contributed by atoms with Gasteiger partial charge in [0.1, 0.15) is 10.9 Å². The van der Waals surface area contributed by atoms with Gasteiger partial charge >= 0.3 is 0 Å². The molecular weight excluding hydrogens is 226 g/mol. The Labute approximate surface area is 97.5 Å². The summed E-state index contributed by atoms with van der Waals surface area (Å²) in [7, 11) is 0. The number of aryl methyl sites for hydroxylation is 1. The molecule has 1 saturated heterocycles. The van der Waals surface area contributed by atoms with E-state index in [1.54, 1.807) is 24.3 Å². The topological polar surface area (TPSA) is 62.3 Å². The molecule has 1 unspecified atom stereocenters. The van der Waals surface area contributed by atoms with Gasteiger partial charge in [-0.25, -0.2) is 4.98 Å². The Morgan fingerprint density at radius 1 is 1.69 bits per heavy atom. The SMILES string of the molecule is Cc1ncsc1C(=O)N1CCNC(=O)C1C. The van der Waals surface area contributed by atoms with Crippen LogP contribution in [0.25, 0.3) is 0 Å². The van der Waals surface area contributed by atoms with Crippen LogP contribution in [0.2, 0.25) is 0 Å². The van der Waals surface area contributed by atoms with Gasteiger partial charge < -0.3 is 10.2 Å². The van der Waals surface area contributed by atoms with Crippen molar-refractivity contribution in [3.63, 3.8) is 0 Å². The van der Waals surface area contributed by atoms with Gasteiger partial charge in [-0.2, -0.15) is 0 Å². The molecule has 1 aromatic heterocycles. The maximum atomic E-state index is 12.2. The van der Waals surface area contributed by atoms with Crippen molar-refractivity contribution in [1.29, 1.82) is 0 Å². The summed E-state index contributed by atoms with van der Waals surface area (Å²) in [6.45, 7) is 4.62. The predicted octanol–water partition coefficient (Wildman–Crippen LogP) is 0.412. The zero-order valence-electron chi connectivity index (χ0n) is 9.19. The third kappa shape index (κ3) is 1.80. The Kier molecular flexibility index (Phi) is 2.91. The molecule has 0 spiro atoms. The van der Waals surface area contributed by atoms with E-state index >= 15 is 0 Å². The molecule has 1 fully saturated rings. The lowest BCUT2D eigenvalue weighted by Crippen LogP contribution is -2.55. The lowest BCUT2D eigenvalue weighted by atomic mass is 10.2. The van der Waals surface area contributed by atoms with Crippen molar-refractivity contribution in [2.45, 2.75) is 19.9 Å². The Morgan fingerprint density at radius 3 is 3.06 bits per heavy atom. The van der Waals surface area contributed by atoms with Gasteiger partial charge in [0.05, 0.1) is 11.2 Å². The third-order valence-corrected chi connectivity index (χ3v) is 3.62. The Bertz CT molecular complexity index is 429. The van der Waals surface area contributed by atoms with Gasteiger partial charge in [0.15, 0.2) is 0 Å². The molecular formula is C10H13N3O2S. The van der Waals surface area contributed by atoms with Crippen LogP contribution in [0.15, 0.2) is 5.51 Å². The first kappa shape index (κ1) is 11.1. The van der Waals surface area contributed by atoms with Gasteiger partial charge in [0, 0.05) is 13.1 Å². The fourth-order valence-corrected chi connectivity index (χ4v) is 2.46. The van der Waals surface area contributed by atoms with E-state index in [1.165, 1.54) is 11.3 Å². The molecule has 0 saturated carbocycles. The lowest BCUT2D eigenvalue weighted by Gasteiger charge is -2.32. The standard InChI is InChI=1S/C10H13N3O2S/c1-6-8(16-5-12-6)10(15)13-4-3-11-9(14)7(13)2/h5,7H,3-4H2,1-2H3,(H,11,14). The average molecular weight is 239 g/mol. The van der Waals surface area contributed by atoms with Crippen molar-refractivity contribution in [2.75, 3.05) is 13.1 Å². The second-order valence-electron chi connectivity index (χ2n) is 3.73. The summed E-state index contributed by atoms with van der Waals surface area (Å²) in [6, 6.07) is -0.400. The number of amides is 2. The van der Waals surface area contributed by atoms with Gasteiger partial charge in [-0.15, -0.1) is 11.3 Å². The fourth-order valence-electron chi connectivity index (χ4n) is 1.70. The van der Waals surface area contributed by atoms with E-state index < -0.39 is 6.04 Å². The Hall–Kier alpha value is -1.43. The molecule has 2 amide bonds. The van der Waals surface area contributed by atoms with Crippen LogP contribution in [-0.4, -0.2) is 40.8 Å². The van der Waals surface area contributed by atoms with E-state index in [2.05, 4.69) is 10.3 Å². The number of carbonyl (C=O) groups excluding carboxylic acids is 2. The van der Waals surface area contributed by atoms with Gasteiger partial charge in [0.25, 0.3) is 5.91 Å². The first-order valence-electron chi connectivity index (χ1n) is 5.10. The molecule has 0 aromatic carbocycles. The van der Waals surface area contributed by atoms with Crippen LogP contribution in [0.1, 0.15) is 22.3 Å². The minimum absolute atomic E-state index is 0.0950. The summed E-state index contributed by atoms with van der Waals surface area (Å²) in [5, 5.41) is 2.73. The molecule has 0 aliphatic carbocycles. The lowest BCUT2D eigenvalue weighted by molar-refractivity contribution is -0.127. The molecule has 0 radical (unpaired) electrons. The van der Waals surface area contributed by atoms with E-state index in [1.807, 2.05) is 0 Å². The van der Waals surface area contributed by atoms with Crippen molar-refractivity contribution in [1.82, 2.24) is 15.2 Å². The number of rotatable bonds is 1. The van der Waals surface area contributed by atoms with Gasteiger partial charge in [-0.05, 0) is 13.8 Å². The predicted molar refractivity (Wildman–Crippen MR) is 60.4 cm³/mol. The van der Waals surface area contributed by atoms with E-state index in [0.717, 1.165) is 5.69 Å². The van der Waals surface area contributed by atoms with Gasteiger partial charge in [-0.3, -0.25) is 9.59 Å². The molecule has 1 aliphatic rings. The first-order valence-corrected chi connectivity index (χ1v) is 5.98. The van der Waals surface area contributed by atoms with Crippen LogP contribution in [0.4, 0.5) is 0 Å². The van der Waals surface area contributed by atoms with E-state index in [4.69, 9.17) is 0 Å². The van der Waals surface area contributed by atoms with E-state index in [9.17, 15) is 9.59 Å². The van der Waals surface area contributed by atoms with Crippen molar-refractivity contribution >= 4 is 23.2 Å². The molecule has 5 nitrogen and oxygen atoms in total. The van der Waals surface area contributed by atoms with Crippen LogP contribution < -0.4 is 5.32 Å². The Morgan fingerprint density at radius 2 is 2.44 bits per heavy atom. The van der Waals surface area contributed by atoms with Gasteiger partial charge in [-0.1, -0.05) is 0 Å². The number of carbonyl (C=O) groups is 2. The van der Waals surface area contributed by atoms with Crippen molar-refractivity contribution < 1.29 is 9.59 Å².